The summed E-state index contributed by atoms with van der Waals surface area (Å²) in [7, 11) is 0. The molecule has 1 fully saturated rings. The standard InChI is InChI=1S/C34H35F4N/c1-2-3-23-17-30(35)29(31(36)18-23)15-7-21-6-14-28-27(16-21)19-32(37)33(34(28)38)26-12-10-25(11-13-26)24-8-4-22(20-39)5-9-24/h4-5,8-9,17-19,21,25-26H,2-3,6-7,10-16H2,1H3. The van der Waals surface area contributed by atoms with E-state index in [2.05, 4.69) is 6.07 Å². The molecular formula is C34H35F4N. The Morgan fingerprint density at radius 3 is 2.13 bits per heavy atom. The quantitative estimate of drug-likeness (QED) is 0.278. The van der Waals surface area contributed by atoms with E-state index in [0.717, 1.165) is 38.5 Å². The van der Waals surface area contributed by atoms with E-state index in [1.807, 2.05) is 31.2 Å². The number of hydrogen-bond donors (Lipinski definition) is 0. The van der Waals surface area contributed by atoms with Gasteiger partial charge in [-0.3, -0.25) is 0 Å². The van der Waals surface area contributed by atoms with Crippen molar-refractivity contribution in [3.05, 3.63) is 105 Å². The monoisotopic (exact) mass is 533 g/mol. The van der Waals surface area contributed by atoms with Gasteiger partial charge in [-0.05, 0) is 135 Å². The van der Waals surface area contributed by atoms with Crippen molar-refractivity contribution in [3.63, 3.8) is 0 Å². The van der Waals surface area contributed by atoms with Crippen LogP contribution in [0.2, 0.25) is 0 Å². The third kappa shape index (κ3) is 5.91. The molecule has 0 saturated heterocycles. The van der Waals surface area contributed by atoms with E-state index in [0.29, 0.717) is 53.9 Å². The van der Waals surface area contributed by atoms with Gasteiger partial charge in [-0.25, -0.2) is 17.6 Å². The van der Waals surface area contributed by atoms with Crippen LogP contribution in [0, 0.1) is 40.5 Å². The van der Waals surface area contributed by atoms with E-state index < -0.39 is 17.5 Å². The Morgan fingerprint density at radius 2 is 1.49 bits per heavy atom. The van der Waals surface area contributed by atoms with Crippen LogP contribution in [0.3, 0.4) is 0 Å². The van der Waals surface area contributed by atoms with Crippen LogP contribution in [-0.2, 0) is 25.7 Å². The lowest BCUT2D eigenvalue weighted by Gasteiger charge is -2.31. The smallest absolute Gasteiger partial charge is 0.133 e. The van der Waals surface area contributed by atoms with Crippen molar-refractivity contribution >= 4 is 0 Å². The van der Waals surface area contributed by atoms with Crippen LogP contribution in [0.25, 0.3) is 0 Å². The lowest BCUT2D eigenvalue weighted by molar-refractivity contribution is 0.369. The van der Waals surface area contributed by atoms with Gasteiger partial charge in [0, 0.05) is 11.1 Å². The Kier molecular flexibility index (Phi) is 8.40. The highest BCUT2D eigenvalue weighted by Crippen LogP contribution is 2.44. The highest BCUT2D eigenvalue weighted by atomic mass is 19.1. The summed E-state index contributed by atoms with van der Waals surface area (Å²) in [5.41, 5.74) is 4.17. The number of nitrogens with zero attached hydrogens (tertiary/aromatic N) is 1. The van der Waals surface area contributed by atoms with Crippen LogP contribution in [0.5, 0.6) is 0 Å². The normalized spacial score (nSPS) is 20.9. The molecule has 0 radical (unpaired) electrons. The average Bonchev–Trinajstić information content (AvgIpc) is 2.93. The van der Waals surface area contributed by atoms with Crippen molar-refractivity contribution in [3.8, 4) is 6.07 Å². The van der Waals surface area contributed by atoms with Crippen molar-refractivity contribution in [1.82, 2.24) is 0 Å². The Hall–Kier alpha value is -3.13. The lowest BCUT2D eigenvalue weighted by atomic mass is 9.74. The summed E-state index contributed by atoms with van der Waals surface area (Å²) in [5, 5.41) is 9.02. The minimum atomic E-state index is -0.495. The van der Waals surface area contributed by atoms with Gasteiger partial charge in [0.25, 0.3) is 0 Å². The predicted molar refractivity (Wildman–Crippen MR) is 146 cm³/mol. The Morgan fingerprint density at radius 1 is 0.821 bits per heavy atom. The van der Waals surface area contributed by atoms with Gasteiger partial charge in [0.05, 0.1) is 11.6 Å². The lowest BCUT2D eigenvalue weighted by Crippen LogP contribution is -2.21. The van der Waals surface area contributed by atoms with Gasteiger partial charge < -0.3 is 0 Å². The highest BCUT2D eigenvalue weighted by Gasteiger charge is 2.31. The summed E-state index contributed by atoms with van der Waals surface area (Å²) < 4.78 is 60.2. The molecule has 1 atom stereocenters. The first-order valence-corrected chi connectivity index (χ1v) is 14.3. The van der Waals surface area contributed by atoms with Gasteiger partial charge in [-0.2, -0.15) is 5.26 Å². The van der Waals surface area contributed by atoms with Gasteiger partial charge in [-0.1, -0.05) is 25.5 Å². The summed E-state index contributed by atoms with van der Waals surface area (Å²) >= 11 is 0. The Labute approximate surface area is 228 Å². The molecule has 1 saturated carbocycles. The average molecular weight is 534 g/mol. The molecule has 0 amide bonds. The number of fused-ring (bicyclic) bond motifs is 1. The van der Waals surface area contributed by atoms with Crippen LogP contribution >= 0.6 is 0 Å². The molecule has 0 N–H and O–H groups in total. The largest absolute Gasteiger partial charge is 0.207 e. The zero-order valence-electron chi connectivity index (χ0n) is 22.5. The van der Waals surface area contributed by atoms with E-state index in [1.54, 1.807) is 0 Å². The van der Waals surface area contributed by atoms with Crippen molar-refractivity contribution in [2.45, 2.75) is 89.4 Å². The number of rotatable bonds is 7. The SMILES string of the molecule is CCCc1cc(F)c(CCC2CCc3c(cc(F)c(C4CCC(c5ccc(C#N)cc5)CC4)c3F)C2)c(F)c1. The van der Waals surface area contributed by atoms with Gasteiger partial charge in [0.1, 0.15) is 23.3 Å². The molecule has 3 aromatic carbocycles. The van der Waals surface area contributed by atoms with Crippen LogP contribution < -0.4 is 0 Å². The molecule has 39 heavy (non-hydrogen) atoms. The summed E-state index contributed by atoms with van der Waals surface area (Å²) in [6.07, 6.45) is 7.33. The summed E-state index contributed by atoms with van der Waals surface area (Å²) in [6, 6.07) is 14.2. The zero-order valence-corrected chi connectivity index (χ0v) is 22.5. The van der Waals surface area contributed by atoms with Crippen molar-refractivity contribution in [1.29, 1.82) is 5.26 Å². The topological polar surface area (TPSA) is 23.8 Å². The zero-order chi connectivity index (χ0) is 27.5. The maximum Gasteiger partial charge on any atom is 0.133 e. The first-order chi connectivity index (χ1) is 18.9. The van der Waals surface area contributed by atoms with Crippen LogP contribution in [0.1, 0.15) is 103 Å². The van der Waals surface area contributed by atoms with E-state index in [1.165, 1.54) is 23.8 Å². The van der Waals surface area contributed by atoms with Crippen molar-refractivity contribution < 1.29 is 17.6 Å². The fourth-order valence-electron chi connectivity index (χ4n) is 6.78. The summed E-state index contributed by atoms with van der Waals surface area (Å²) in [5.74, 6) is -1.48. The van der Waals surface area contributed by atoms with Gasteiger partial charge >= 0.3 is 0 Å². The Bertz CT molecular complexity index is 1340. The molecule has 0 aromatic heterocycles. The molecule has 0 heterocycles. The molecular weight excluding hydrogens is 498 g/mol. The second-order valence-corrected chi connectivity index (χ2v) is 11.4. The van der Waals surface area contributed by atoms with Gasteiger partial charge in [0.2, 0.25) is 0 Å². The maximum absolute atomic E-state index is 15.7. The molecule has 0 aliphatic heterocycles. The van der Waals surface area contributed by atoms with Crippen LogP contribution in [0.4, 0.5) is 17.6 Å². The number of aryl methyl sites for hydroxylation is 1. The van der Waals surface area contributed by atoms with E-state index in [9.17, 15) is 8.78 Å². The third-order valence-corrected chi connectivity index (χ3v) is 8.95. The summed E-state index contributed by atoms with van der Waals surface area (Å²) in [4.78, 5) is 0. The minimum absolute atomic E-state index is 0.116. The fourth-order valence-corrected chi connectivity index (χ4v) is 6.78. The second-order valence-electron chi connectivity index (χ2n) is 11.4. The minimum Gasteiger partial charge on any atom is -0.207 e. The van der Waals surface area contributed by atoms with Crippen molar-refractivity contribution in [2.75, 3.05) is 0 Å². The van der Waals surface area contributed by atoms with Crippen LogP contribution in [-0.4, -0.2) is 0 Å². The second kappa shape index (κ2) is 11.9. The highest BCUT2D eigenvalue weighted by molar-refractivity contribution is 5.40. The Balaban J connectivity index is 1.23. The fraction of sp³-hybridized carbons (Fsp3) is 0.441. The van der Waals surface area contributed by atoms with Gasteiger partial charge in [0.15, 0.2) is 0 Å². The molecule has 5 heteroatoms. The molecule has 1 unspecified atom stereocenters. The number of benzene rings is 3. The molecule has 1 nitrogen and oxygen atoms in total. The number of halogens is 4. The van der Waals surface area contributed by atoms with Crippen LogP contribution in [0.15, 0.2) is 42.5 Å². The first-order valence-electron chi connectivity index (χ1n) is 14.3. The number of nitriles is 1. The molecule has 204 valence electrons. The van der Waals surface area contributed by atoms with Gasteiger partial charge in [-0.15, -0.1) is 0 Å². The predicted octanol–water partition coefficient (Wildman–Crippen LogP) is 9.25. The molecule has 5 rings (SSSR count). The third-order valence-electron chi connectivity index (χ3n) is 8.95. The molecule has 2 aliphatic carbocycles. The van der Waals surface area contributed by atoms with E-state index in [4.69, 9.17) is 5.26 Å². The molecule has 0 spiro atoms. The number of hydrogen-bond acceptors (Lipinski definition) is 1. The maximum atomic E-state index is 15.7. The van der Waals surface area contributed by atoms with E-state index in [-0.39, 0.29) is 35.2 Å². The molecule has 2 aliphatic rings. The summed E-state index contributed by atoms with van der Waals surface area (Å²) in [6.45, 7) is 1.98. The van der Waals surface area contributed by atoms with E-state index >= 15 is 8.78 Å². The first kappa shape index (κ1) is 27.4. The molecule has 3 aromatic rings. The molecule has 0 bridgehead atoms. The van der Waals surface area contributed by atoms with Crippen molar-refractivity contribution in [2.24, 2.45) is 5.92 Å².